The summed E-state index contributed by atoms with van der Waals surface area (Å²) >= 11 is 0. The Morgan fingerprint density at radius 2 is 1.43 bits per heavy atom. The summed E-state index contributed by atoms with van der Waals surface area (Å²) < 4.78 is 0. The van der Waals surface area contributed by atoms with Gasteiger partial charge in [0.1, 0.15) is 0 Å². The second kappa shape index (κ2) is 8.06. The first-order chi connectivity index (χ1) is 5.72. The van der Waals surface area contributed by atoms with Crippen LogP contribution in [0.2, 0.25) is 0 Å². The molecule has 1 rings (SSSR count). The molecule has 82 valence electrons. The number of benzene rings is 1. The van der Waals surface area contributed by atoms with Crippen molar-refractivity contribution in [2.24, 2.45) is 5.73 Å². The average molecular weight is 237 g/mol. The number of nitrogens with zero attached hydrogens (tertiary/aromatic N) is 1. The van der Waals surface area contributed by atoms with Crippen LogP contribution in [-0.4, -0.2) is 19.0 Å². The molecule has 0 heterocycles. The highest BCUT2D eigenvalue weighted by Gasteiger charge is 1.94. The number of nitrogens with two attached hydrogens (primary N) is 1. The van der Waals surface area contributed by atoms with Crippen LogP contribution in [0.3, 0.4) is 0 Å². The largest absolute Gasteiger partial charge is 0.326 e. The molecule has 0 atom stereocenters. The SMILES string of the molecule is CN(C)Cc1ccc(CN)cc1.Cl.Cl. The first kappa shape index (κ1) is 16.2. The van der Waals surface area contributed by atoms with Crippen molar-refractivity contribution in [1.82, 2.24) is 4.90 Å². The Bertz CT molecular complexity index is 234. The summed E-state index contributed by atoms with van der Waals surface area (Å²) in [6.45, 7) is 1.62. The number of hydrogen-bond acceptors (Lipinski definition) is 2. The minimum absolute atomic E-state index is 0. The molecule has 0 aliphatic rings. The van der Waals surface area contributed by atoms with Crippen molar-refractivity contribution in [1.29, 1.82) is 0 Å². The molecule has 0 aliphatic carbocycles. The van der Waals surface area contributed by atoms with Crippen LogP contribution in [0.25, 0.3) is 0 Å². The van der Waals surface area contributed by atoms with Crippen LogP contribution in [0.4, 0.5) is 0 Å². The molecule has 1 aromatic carbocycles. The van der Waals surface area contributed by atoms with Crippen molar-refractivity contribution in [2.45, 2.75) is 13.1 Å². The van der Waals surface area contributed by atoms with Crippen molar-refractivity contribution in [3.8, 4) is 0 Å². The van der Waals surface area contributed by atoms with E-state index < -0.39 is 0 Å². The topological polar surface area (TPSA) is 29.3 Å². The van der Waals surface area contributed by atoms with Crippen LogP contribution < -0.4 is 5.73 Å². The van der Waals surface area contributed by atoms with Gasteiger partial charge in [-0.1, -0.05) is 24.3 Å². The van der Waals surface area contributed by atoms with E-state index in [0.29, 0.717) is 6.54 Å². The third-order valence-electron chi connectivity index (χ3n) is 1.76. The molecule has 0 bridgehead atoms. The molecular formula is C10H18Cl2N2. The second-order valence-electron chi connectivity index (χ2n) is 3.26. The van der Waals surface area contributed by atoms with Gasteiger partial charge in [-0.25, -0.2) is 0 Å². The van der Waals surface area contributed by atoms with Crippen molar-refractivity contribution < 1.29 is 0 Å². The standard InChI is InChI=1S/C10H16N2.2ClH/c1-12(2)8-10-5-3-9(7-11)4-6-10;;/h3-6H,7-8,11H2,1-2H3;2*1H. The predicted octanol–water partition coefficient (Wildman–Crippen LogP) is 2.05. The van der Waals surface area contributed by atoms with Gasteiger partial charge in [-0.05, 0) is 25.2 Å². The van der Waals surface area contributed by atoms with Gasteiger partial charge in [-0.3, -0.25) is 0 Å². The van der Waals surface area contributed by atoms with E-state index in [4.69, 9.17) is 5.73 Å². The lowest BCUT2D eigenvalue weighted by molar-refractivity contribution is 0.402. The van der Waals surface area contributed by atoms with Gasteiger partial charge in [-0.15, -0.1) is 24.8 Å². The third-order valence-corrected chi connectivity index (χ3v) is 1.76. The van der Waals surface area contributed by atoms with Gasteiger partial charge in [0.2, 0.25) is 0 Å². The zero-order chi connectivity index (χ0) is 8.97. The molecule has 0 spiro atoms. The predicted molar refractivity (Wildman–Crippen MR) is 66.2 cm³/mol. The number of hydrogen-bond donors (Lipinski definition) is 1. The molecule has 0 saturated carbocycles. The van der Waals surface area contributed by atoms with Gasteiger partial charge in [0.25, 0.3) is 0 Å². The third kappa shape index (κ3) is 5.45. The molecule has 0 amide bonds. The van der Waals surface area contributed by atoms with E-state index in [1.807, 2.05) is 0 Å². The fourth-order valence-corrected chi connectivity index (χ4v) is 1.15. The molecule has 2 N–H and O–H groups in total. The molecule has 0 radical (unpaired) electrons. The van der Waals surface area contributed by atoms with Crippen molar-refractivity contribution in [3.05, 3.63) is 35.4 Å². The van der Waals surface area contributed by atoms with E-state index in [0.717, 1.165) is 6.54 Å². The molecule has 0 saturated heterocycles. The van der Waals surface area contributed by atoms with Crippen LogP contribution in [0.1, 0.15) is 11.1 Å². The summed E-state index contributed by atoms with van der Waals surface area (Å²) in [5.74, 6) is 0. The van der Waals surface area contributed by atoms with E-state index in [1.54, 1.807) is 0 Å². The monoisotopic (exact) mass is 236 g/mol. The Kier molecular flexibility index (Phi) is 9.31. The molecule has 0 unspecified atom stereocenters. The lowest BCUT2D eigenvalue weighted by Crippen LogP contribution is -2.10. The van der Waals surface area contributed by atoms with Crippen molar-refractivity contribution >= 4 is 24.8 Å². The molecule has 14 heavy (non-hydrogen) atoms. The minimum Gasteiger partial charge on any atom is -0.326 e. The Hall–Kier alpha value is -0.280. The number of rotatable bonds is 3. The summed E-state index contributed by atoms with van der Waals surface area (Å²) in [5, 5.41) is 0. The lowest BCUT2D eigenvalue weighted by atomic mass is 10.1. The molecule has 1 aromatic rings. The highest BCUT2D eigenvalue weighted by molar-refractivity contribution is 5.85. The van der Waals surface area contributed by atoms with Gasteiger partial charge in [0, 0.05) is 13.1 Å². The highest BCUT2D eigenvalue weighted by atomic mass is 35.5. The lowest BCUT2D eigenvalue weighted by Gasteiger charge is -2.09. The van der Waals surface area contributed by atoms with Crippen LogP contribution in [-0.2, 0) is 13.1 Å². The maximum Gasteiger partial charge on any atom is 0.0227 e. The zero-order valence-corrected chi connectivity index (χ0v) is 10.2. The Morgan fingerprint density at radius 1 is 1.00 bits per heavy atom. The van der Waals surface area contributed by atoms with E-state index in [-0.39, 0.29) is 24.8 Å². The van der Waals surface area contributed by atoms with Crippen molar-refractivity contribution in [3.63, 3.8) is 0 Å². The molecule has 2 nitrogen and oxygen atoms in total. The molecule has 0 aliphatic heterocycles. The van der Waals surface area contributed by atoms with Crippen LogP contribution in [0.5, 0.6) is 0 Å². The Balaban J connectivity index is 0. The molecule has 0 aromatic heterocycles. The first-order valence-electron chi connectivity index (χ1n) is 4.15. The van der Waals surface area contributed by atoms with Crippen LogP contribution in [0.15, 0.2) is 24.3 Å². The molecule has 4 heteroatoms. The molecular weight excluding hydrogens is 219 g/mol. The van der Waals surface area contributed by atoms with Gasteiger partial charge in [0.15, 0.2) is 0 Å². The van der Waals surface area contributed by atoms with Gasteiger partial charge < -0.3 is 10.6 Å². The van der Waals surface area contributed by atoms with Gasteiger partial charge in [0.05, 0.1) is 0 Å². The molecule has 0 fully saturated rings. The summed E-state index contributed by atoms with van der Waals surface area (Å²) in [6, 6.07) is 8.42. The van der Waals surface area contributed by atoms with Gasteiger partial charge in [-0.2, -0.15) is 0 Å². The van der Waals surface area contributed by atoms with E-state index in [1.165, 1.54) is 11.1 Å². The fourth-order valence-electron chi connectivity index (χ4n) is 1.15. The Labute approximate surface area is 98.3 Å². The first-order valence-corrected chi connectivity index (χ1v) is 4.15. The minimum atomic E-state index is 0. The van der Waals surface area contributed by atoms with Crippen molar-refractivity contribution in [2.75, 3.05) is 14.1 Å². The quantitative estimate of drug-likeness (QED) is 0.871. The highest BCUT2D eigenvalue weighted by Crippen LogP contribution is 2.04. The average Bonchev–Trinajstić information content (AvgIpc) is 2.05. The summed E-state index contributed by atoms with van der Waals surface area (Å²) in [6.07, 6.45) is 0. The number of halogens is 2. The zero-order valence-electron chi connectivity index (χ0n) is 8.56. The maximum atomic E-state index is 5.49. The summed E-state index contributed by atoms with van der Waals surface area (Å²) in [4.78, 5) is 2.15. The second-order valence-corrected chi connectivity index (χ2v) is 3.26. The summed E-state index contributed by atoms with van der Waals surface area (Å²) in [7, 11) is 4.13. The van der Waals surface area contributed by atoms with Gasteiger partial charge >= 0.3 is 0 Å². The maximum absolute atomic E-state index is 5.49. The fraction of sp³-hybridized carbons (Fsp3) is 0.400. The van der Waals surface area contributed by atoms with Crippen LogP contribution in [0, 0.1) is 0 Å². The summed E-state index contributed by atoms with van der Waals surface area (Å²) in [5.41, 5.74) is 8.01. The smallest absolute Gasteiger partial charge is 0.0227 e. The van der Waals surface area contributed by atoms with Crippen LogP contribution >= 0.6 is 24.8 Å². The van der Waals surface area contributed by atoms with E-state index in [2.05, 4.69) is 43.3 Å². The van der Waals surface area contributed by atoms with E-state index >= 15 is 0 Å². The normalized spacial score (nSPS) is 9.14. The van der Waals surface area contributed by atoms with E-state index in [9.17, 15) is 0 Å². The Morgan fingerprint density at radius 3 is 1.79 bits per heavy atom.